The number of pyridine rings is 1. The van der Waals surface area contributed by atoms with Crippen molar-refractivity contribution in [1.29, 1.82) is 0 Å². The molecule has 4 aromatic rings. The van der Waals surface area contributed by atoms with Gasteiger partial charge < -0.3 is 15.5 Å². The van der Waals surface area contributed by atoms with Gasteiger partial charge in [-0.3, -0.25) is 9.78 Å². The molecule has 5 rings (SSSR count). The molecule has 1 fully saturated rings. The average molecular weight is 549 g/mol. The molecule has 0 spiro atoms. The Hall–Kier alpha value is -4.10. The molecule has 0 bridgehead atoms. The molecule has 1 atom stereocenters. The summed E-state index contributed by atoms with van der Waals surface area (Å²) in [5.41, 5.74) is 6.46. The van der Waals surface area contributed by atoms with Crippen LogP contribution in [0.5, 0.6) is 0 Å². The molecule has 2 aromatic carbocycles. The maximum Gasteiger partial charge on any atom is 0.255 e. The van der Waals surface area contributed by atoms with Crippen LogP contribution in [0.2, 0.25) is 0 Å². The predicted octanol–water partition coefficient (Wildman–Crippen LogP) is 7.46. The number of benzene rings is 2. The van der Waals surface area contributed by atoms with Gasteiger partial charge in [0.15, 0.2) is 0 Å². The Balaban J connectivity index is 1.25. The third-order valence-corrected chi connectivity index (χ3v) is 7.45. The highest BCUT2D eigenvalue weighted by molar-refractivity contribution is 6.05. The molecular weight excluding hydrogens is 508 g/mol. The second kappa shape index (κ2) is 12.6. The van der Waals surface area contributed by atoms with Crippen LogP contribution >= 0.6 is 0 Å². The average Bonchev–Trinajstić information content (AvgIpc) is 3.19. The minimum Gasteiger partial charge on any atom is -0.324 e. The lowest BCUT2D eigenvalue weighted by Gasteiger charge is -2.31. The Bertz CT molecular complexity index is 1460. The first-order valence-corrected chi connectivity index (χ1v) is 14.5. The third kappa shape index (κ3) is 7.76. The van der Waals surface area contributed by atoms with Crippen molar-refractivity contribution in [2.24, 2.45) is 5.41 Å². The van der Waals surface area contributed by atoms with Crippen molar-refractivity contribution in [2.75, 3.05) is 30.3 Å². The van der Waals surface area contributed by atoms with Gasteiger partial charge in [-0.25, -0.2) is 9.97 Å². The SMILES string of the molecule is Cc1ccc(C(=O)Nc2ccc(C3CCCCN(CC(C)(C)C)C3)cc2)cc1Nc1nccc(-c2cccnc2)n1. The molecule has 0 aliphatic carbocycles. The monoisotopic (exact) mass is 548 g/mol. The van der Waals surface area contributed by atoms with Gasteiger partial charge in [0, 0.05) is 54.2 Å². The summed E-state index contributed by atoms with van der Waals surface area (Å²) in [5.74, 6) is 0.827. The molecule has 1 unspecified atom stereocenters. The van der Waals surface area contributed by atoms with Crippen molar-refractivity contribution < 1.29 is 4.79 Å². The fourth-order valence-electron chi connectivity index (χ4n) is 5.46. The van der Waals surface area contributed by atoms with E-state index in [2.05, 4.69) is 63.4 Å². The molecule has 1 amide bonds. The van der Waals surface area contributed by atoms with Crippen molar-refractivity contribution in [1.82, 2.24) is 19.9 Å². The lowest BCUT2D eigenvalue weighted by atomic mass is 9.92. The molecule has 1 aliphatic heterocycles. The number of amides is 1. The molecule has 7 nitrogen and oxygen atoms in total. The minimum atomic E-state index is -0.156. The Labute approximate surface area is 243 Å². The highest BCUT2D eigenvalue weighted by Gasteiger charge is 2.23. The van der Waals surface area contributed by atoms with Gasteiger partial charge in [0.2, 0.25) is 5.95 Å². The number of nitrogens with one attached hydrogen (secondary N) is 2. The van der Waals surface area contributed by atoms with Crippen molar-refractivity contribution in [3.05, 3.63) is 95.9 Å². The molecule has 2 aromatic heterocycles. The van der Waals surface area contributed by atoms with Crippen LogP contribution in [0.25, 0.3) is 11.3 Å². The van der Waals surface area contributed by atoms with Gasteiger partial charge in [-0.2, -0.15) is 0 Å². The Morgan fingerprint density at radius 2 is 1.85 bits per heavy atom. The number of rotatable bonds is 7. The van der Waals surface area contributed by atoms with Crippen LogP contribution in [0.4, 0.5) is 17.3 Å². The van der Waals surface area contributed by atoms with E-state index in [0.29, 0.717) is 22.8 Å². The van der Waals surface area contributed by atoms with Gasteiger partial charge in [0.05, 0.1) is 5.69 Å². The fourth-order valence-corrected chi connectivity index (χ4v) is 5.46. The van der Waals surface area contributed by atoms with E-state index in [1.807, 2.05) is 55.5 Å². The Kier molecular flexibility index (Phi) is 8.74. The summed E-state index contributed by atoms with van der Waals surface area (Å²) < 4.78 is 0. The van der Waals surface area contributed by atoms with Crippen LogP contribution in [0.15, 0.2) is 79.3 Å². The van der Waals surface area contributed by atoms with Gasteiger partial charge >= 0.3 is 0 Å². The molecular formula is C34H40N6O. The zero-order chi connectivity index (χ0) is 28.8. The van der Waals surface area contributed by atoms with Crippen LogP contribution in [-0.2, 0) is 0 Å². The summed E-state index contributed by atoms with van der Waals surface area (Å²) in [6.07, 6.45) is 8.94. The number of anilines is 3. The van der Waals surface area contributed by atoms with E-state index in [-0.39, 0.29) is 5.91 Å². The second-order valence-corrected chi connectivity index (χ2v) is 12.2. The number of aryl methyl sites for hydroxylation is 1. The van der Waals surface area contributed by atoms with Gasteiger partial charge in [-0.1, -0.05) is 45.4 Å². The highest BCUT2D eigenvalue weighted by atomic mass is 16.1. The van der Waals surface area contributed by atoms with Crippen LogP contribution in [0, 0.1) is 12.3 Å². The number of hydrogen-bond donors (Lipinski definition) is 2. The van der Waals surface area contributed by atoms with Crippen LogP contribution < -0.4 is 10.6 Å². The Morgan fingerprint density at radius 3 is 2.61 bits per heavy atom. The summed E-state index contributed by atoms with van der Waals surface area (Å²) in [7, 11) is 0. The number of aromatic nitrogens is 3. The van der Waals surface area contributed by atoms with Crippen molar-refractivity contribution in [3.8, 4) is 11.3 Å². The molecule has 1 saturated heterocycles. The van der Waals surface area contributed by atoms with Crippen molar-refractivity contribution >= 4 is 23.2 Å². The summed E-state index contributed by atoms with van der Waals surface area (Å²) in [6, 6.07) is 19.7. The van der Waals surface area contributed by atoms with Gasteiger partial charge in [0.25, 0.3) is 5.91 Å². The topological polar surface area (TPSA) is 83.0 Å². The van der Waals surface area contributed by atoms with Crippen LogP contribution in [0.3, 0.4) is 0 Å². The largest absolute Gasteiger partial charge is 0.324 e. The van der Waals surface area contributed by atoms with Gasteiger partial charge in [0.1, 0.15) is 0 Å². The van der Waals surface area contributed by atoms with E-state index >= 15 is 0 Å². The molecule has 3 heterocycles. The first-order valence-electron chi connectivity index (χ1n) is 14.5. The summed E-state index contributed by atoms with van der Waals surface area (Å²) in [4.78, 5) is 29.0. The van der Waals surface area contributed by atoms with E-state index in [1.54, 1.807) is 18.6 Å². The smallest absolute Gasteiger partial charge is 0.255 e. The third-order valence-electron chi connectivity index (χ3n) is 7.45. The quantitative estimate of drug-likeness (QED) is 0.249. The zero-order valence-electron chi connectivity index (χ0n) is 24.5. The number of likely N-dealkylation sites (tertiary alicyclic amines) is 1. The van der Waals surface area contributed by atoms with Gasteiger partial charge in [-0.05, 0) is 91.2 Å². The molecule has 0 radical (unpaired) electrons. The lowest BCUT2D eigenvalue weighted by Crippen LogP contribution is -2.35. The van der Waals surface area contributed by atoms with Gasteiger partial charge in [-0.15, -0.1) is 0 Å². The Morgan fingerprint density at radius 1 is 1.02 bits per heavy atom. The predicted molar refractivity (Wildman–Crippen MR) is 167 cm³/mol. The lowest BCUT2D eigenvalue weighted by molar-refractivity contribution is 0.102. The first-order chi connectivity index (χ1) is 19.7. The van der Waals surface area contributed by atoms with Crippen molar-refractivity contribution in [2.45, 2.75) is 52.9 Å². The maximum absolute atomic E-state index is 13.2. The zero-order valence-corrected chi connectivity index (χ0v) is 24.5. The number of hydrogen-bond acceptors (Lipinski definition) is 6. The molecule has 7 heteroatoms. The summed E-state index contributed by atoms with van der Waals surface area (Å²) >= 11 is 0. The number of carbonyl (C=O) groups excluding carboxylic acids is 1. The van der Waals surface area contributed by atoms with Crippen LogP contribution in [-0.4, -0.2) is 45.4 Å². The van der Waals surface area contributed by atoms with Crippen LogP contribution in [0.1, 0.15) is 67.4 Å². The fraction of sp³-hybridized carbons (Fsp3) is 0.353. The second-order valence-electron chi connectivity index (χ2n) is 12.2. The first kappa shape index (κ1) is 28.4. The number of carbonyl (C=O) groups is 1. The minimum absolute atomic E-state index is 0.156. The maximum atomic E-state index is 13.2. The molecule has 212 valence electrons. The normalized spacial score (nSPS) is 16.1. The molecule has 0 saturated carbocycles. The molecule has 1 aliphatic rings. The molecule has 41 heavy (non-hydrogen) atoms. The summed E-state index contributed by atoms with van der Waals surface area (Å²) in [6.45, 7) is 12.3. The van der Waals surface area contributed by atoms with E-state index in [0.717, 1.165) is 41.3 Å². The van der Waals surface area contributed by atoms with E-state index in [4.69, 9.17) is 0 Å². The van der Waals surface area contributed by atoms with Crippen molar-refractivity contribution in [3.63, 3.8) is 0 Å². The number of nitrogens with zero attached hydrogens (tertiary/aromatic N) is 4. The van der Waals surface area contributed by atoms with E-state index in [1.165, 1.54) is 31.4 Å². The van der Waals surface area contributed by atoms with E-state index < -0.39 is 0 Å². The van der Waals surface area contributed by atoms with E-state index in [9.17, 15) is 4.79 Å². The highest BCUT2D eigenvalue weighted by Crippen LogP contribution is 2.29. The molecule has 2 N–H and O–H groups in total. The summed E-state index contributed by atoms with van der Waals surface area (Å²) in [5, 5.41) is 6.35. The standard InChI is InChI=1S/C34H40N6O/c1-24-10-11-26(20-31(24)39-33-36-18-16-30(38-33)27-9-7-17-35-21-27)32(41)37-29-14-12-25(13-15-29)28-8-5-6-19-40(22-28)23-34(2,3)4/h7,9-18,20-21,28H,5-6,8,19,22-23H2,1-4H3,(H,37,41)(H,36,38,39).